The van der Waals surface area contributed by atoms with Gasteiger partial charge in [0.15, 0.2) is 6.29 Å². The molecule has 0 aliphatic heterocycles. The van der Waals surface area contributed by atoms with Crippen molar-refractivity contribution in [2.24, 2.45) is 0 Å². The molecule has 0 N–H and O–H groups in total. The Morgan fingerprint density at radius 2 is 2.06 bits per heavy atom. The molecule has 0 aliphatic carbocycles. The molecule has 0 unspecified atom stereocenters. The summed E-state index contributed by atoms with van der Waals surface area (Å²) >= 11 is 0. The van der Waals surface area contributed by atoms with E-state index in [1.165, 1.54) is 0 Å². The van der Waals surface area contributed by atoms with Gasteiger partial charge < -0.3 is 4.74 Å². The first-order chi connectivity index (χ1) is 7.81. The summed E-state index contributed by atoms with van der Waals surface area (Å²) in [6, 6.07) is 1.69. The second-order valence-corrected chi connectivity index (χ2v) is 5.38. The van der Waals surface area contributed by atoms with Crippen LogP contribution in [0.4, 0.5) is 5.69 Å². The molecule has 1 aromatic rings. The van der Waals surface area contributed by atoms with Gasteiger partial charge in [0.1, 0.15) is 10.6 Å². The quantitative estimate of drug-likeness (QED) is 0.356. The third-order valence-electron chi connectivity index (χ3n) is 1.87. The van der Waals surface area contributed by atoms with E-state index in [-0.39, 0.29) is 12.0 Å². The number of aldehydes is 1. The van der Waals surface area contributed by atoms with Gasteiger partial charge in [-0.15, -0.1) is 0 Å². The number of nitrogens with zero attached hydrogens (tertiary/aromatic N) is 1. The fraction of sp³-hybridized carbons (Fsp3) is 0.125. The summed E-state index contributed by atoms with van der Waals surface area (Å²) in [6.07, 6.45) is 0.158. The lowest BCUT2D eigenvalue weighted by atomic mass is 10.2. The summed E-state index contributed by atoms with van der Waals surface area (Å²) in [7, 11) is 1.99. The molecule has 0 fully saturated rings. The van der Waals surface area contributed by atoms with Gasteiger partial charge in [0.25, 0.3) is 14.7 Å². The second-order valence-electron chi connectivity index (χ2n) is 2.88. The Morgan fingerprint density at radius 1 is 1.47 bits per heavy atom. The van der Waals surface area contributed by atoms with Crippen LogP contribution in [0, 0.1) is 10.1 Å². The fourth-order valence-corrected chi connectivity index (χ4v) is 2.48. The van der Waals surface area contributed by atoms with Crippen LogP contribution in [0.2, 0.25) is 0 Å². The third kappa shape index (κ3) is 2.71. The van der Waals surface area contributed by atoms with Crippen LogP contribution < -0.4 is 4.74 Å². The average molecular weight is 280 g/mol. The van der Waals surface area contributed by atoms with Crippen LogP contribution in [0.15, 0.2) is 17.0 Å². The molecule has 7 nitrogen and oxygen atoms in total. The fourth-order valence-electron chi connectivity index (χ4n) is 1.21. The van der Waals surface area contributed by atoms with Crippen molar-refractivity contribution in [3.63, 3.8) is 0 Å². The van der Waals surface area contributed by atoms with Crippen molar-refractivity contribution in [1.29, 1.82) is 0 Å². The molecule has 0 saturated carbocycles. The maximum atomic E-state index is 11.2. The predicted molar refractivity (Wildman–Crippen MR) is 58.1 cm³/mol. The molecule has 0 amide bonds. The van der Waals surface area contributed by atoms with Crippen LogP contribution in [-0.4, -0.2) is 26.7 Å². The van der Waals surface area contributed by atoms with Crippen LogP contribution in [0.25, 0.3) is 0 Å². The number of benzene rings is 1. The summed E-state index contributed by atoms with van der Waals surface area (Å²) in [5, 5.41) is 10.5. The Balaban J connectivity index is 3.71. The number of ether oxygens (including phenoxy) is 1. The van der Waals surface area contributed by atoms with Crippen LogP contribution in [0.5, 0.6) is 5.75 Å². The zero-order chi connectivity index (χ0) is 13.2. The van der Waals surface area contributed by atoms with Crippen molar-refractivity contribution in [1.82, 2.24) is 0 Å². The van der Waals surface area contributed by atoms with E-state index in [0.29, 0.717) is 0 Å². The van der Waals surface area contributed by atoms with Gasteiger partial charge in [-0.1, -0.05) is 0 Å². The van der Waals surface area contributed by atoms with Gasteiger partial charge in [-0.05, 0) is 0 Å². The molecular weight excluding hydrogens is 274 g/mol. The molecule has 92 valence electrons. The van der Waals surface area contributed by atoms with E-state index in [1.54, 1.807) is 0 Å². The van der Waals surface area contributed by atoms with Gasteiger partial charge in [-0.2, -0.15) is 0 Å². The maximum Gasteiger partial charge on any atom is 0.273 e. The first kappa shape index (κ1) is 13.4. The first-order valence-corrected chi connectivity index (χ1v) is 6.38. The van der Waals surface area contributed by atoms with Crippen molar-refractivity contribution in [2.75, 3.05) is 7.11 Å². The molecule has 0 saturated heterocycles. The molecule has 0 aromatic heterocycles. The summed E-state index contributed by atoms with van der Waals surface area (Å²) in [4.78, 5) is 19.9. The van der Waals surface area contributed by atoms with E-state index < -0.39 is 30.1 Å². The molecule has 0 aliphatic rings. The highest BCUT2D eigenvalue weighted by Gasteiger charge is 2.25. The van der Waals surface area contributed by atoms with Gasteiger partial charge in [0, 0.05) is 22.3 Å². The van der Waals surface area contributed by atoms with Gasteiger partial charge in [0.05, 0.1) is 18.1 Å². The summed E-state index contributed by atoms with van der Waals surface area (Å²) < 4.78 is 27.1. The normalized spacial score (nSPS) is 10.9. The van der Waals surface area contributed by atoms with Crippen LogP contribution >= 0.6 is 10.7 Å². The first-order valence-electron chi connectivity index (χ1n) is 4.07. The summed E-state index contributed by atoms with van der Waals surface area (Å²) in [5.41, 5.74) is -0.890. The number of carbonyl (C=O) groups excluding carboxylic acids is 1. The largest absolute Gasteiger partial charge is 0.495 e. The van der Waals surface area contributed by atoms with Crippen LogP contribution in [-0.2, 0) is 9.05 Å². The monoisotopic (exact) mass is 279 g/mol. The zero-order valence-corrected chi connectivity index (χ0v) is 9.99. The Hall–Kier alpha value is -1.67. The minimum atomic E-state index is -4.24. The SMILES string of the molecule is COc1cc([N+](=O)[O-])cc(C=O)c1S(=O)(=O)Cl. The third-order valence-corrected chi connectivity index (χ3v) is 3.26. The molecule has 17 heavy (non-hydrogen) atoms. The number of hydrogen-bond acceptors (Lipinski definition) is 6. The lowest BCUT2D eigenvalue weighted by molar-refractivity contribution is -0.385. The highest BCUT2D eigenvalue weighted by atomic mass is 35.7. The second kappa shape index (κ2) is 4.68. The number of carbonyl (C=O) groups is 1. The van der Waals surface area contributed by atoms with E-state index in [1.807, 2.05) is 0 Å². The Labute approximate surface area is 101 Å². The molecule has 0 heterocycles. The molecule has 0 spiro atoms. The van der Waals surface area contributed by atoms with E-state index in [0.717, 1.165) is 19.2 Å². The van der Waals surface area contributed by atoms with Crippen molar-refractivity contribution in [3.8, 4) is 5.75 Å². The van der Waals surface area contributed by atoms with E-state index in [2.05, 4.69) is 4.74 Å². The van der Waals surface area contributed by atoms with Crippen LogP contribution in [0.1, 0.15) is 10.4 Å². The van der Waals surface area contributed by atoms with E-state index >= 15 is 0 Å². The number of nitro groups is 1. The predicted octanol–water partition coefficient (Wildman–Crippen LogP) is 1.34. The molecule has 1 rings (SSSR count). The number of non-ortho nitro benzene ring substituents is 1. The minimum Gasteiger partial charge on any atom is -0.495 e. The standard InChI is InChI=1S/C8H6ClNO6S/c1-16-7-3-6(10(12)13)2-5(4-11)8(7)17(9,14)15/h2-4H,1H3. The van der Waals surface area contributed by atoms with Crippen LogP contribution in [0.3, 0.4) is 0 Å². The Kier molecular flexibility index (Phi) is 3.69. The number of methoxy groups -OCH3 is 1. The molecule has 0 atom stereocenters. The lowest BCUT2D eigenvalue weighted by Crippen LogP contribution is -2.03. The van der Waals surface area contributed by atoms with E-state index in [4.69, 9.17) is 10.7 Å². The molecule has 9 heteroatoms. The molecule has 0 radical (unpaired) electrons. The summed E-state index contributed by atoms with van der Waals surface area (Å²) in [5.74, 6) is -0.351. The highest BCUT2D eigenvalue weighted by Crippen LogP contribution is 2.33. The molecule has 0 bridgehead atoms. The number of rotatable bonds is 4. The van der Waals surface area contributed by atoms with Gasteiger partial charge >= 0.3 is 0 Å². The topological polar surface area (TPSA) is 104 Å². The van der Waals surface area contributed by atoms with Gasteiger partial charge in [0.2, 0.25) is 0 Å². The van der Waals surface area contributed by atoms with Gasteiger partial charge in [-0.25, -0.2) is 8.42 Å². The molecular formula is C8H6ClNO6S. The maximum absolute atomic E-state index is 11.2. The van der Waals surface area contributed by atoms with Crippen molar-refractivity contribution < 1.29 is 22.9 Å². The average Bonchev–Trinajstić information content (AvgIpc) is 2.25. The summed E-state index contributed by atoms with van der Waals surface area (Å²) in [6.45, 7) is 0. The Bertz CT molecular complexity index is 582. The minimum absolute atomic E-state index is 0.158. The zero-order valence-electron chi connectivity index (χ0n) is 8.41. The smallest absolute Gasteiger partial charge is 0.273 e. The van der Waals surface area contributed by atoms with Crippen molar-refractivity contribution in [3.05, 3.63) is 27.8 Å². The Morgan fingerprint density at radius 3 is 2.41 bits per heavy atom. The number of halogens is 1. The van der Waals surface area contributed by atoms with E-state index in [9.17, 15) is 23.3 Å². The lowest BCUT2D eigenvalue weighted by Gasteiger charge is -2.07. The molecule has 1 aromatic carbocycles. The number of nitro benzene ring substituents is 1. The van der Waals surface area contributed by atoms with Gasteiger partial charge in [-0.3, -0.25) is 14.9 Å². The van der Waals surface area contributed by atoms with Crippen molar-refractivity contribution >= 4 is 31.7 Å². The van der Waals surface area contributed by atoms with Crippen molar-refractivity contribution in [2.45, 2.75) is 4.90 Å². The highest BCUT2D eigenvalue weighted by molar-refractivity contribution is 8.13. The number of hydrogen-bond donors (Lipinski definition) is 0.